The fourth-order valence-electron chi connectivity index (χ4n) is 3.59. The maximum Gasteiger partial charge on any atom is 0.410 e. The van der Waals surface area contributed by atoms with E-state index in [2.05, 4.69) is 15.1 Å². The van der Waals surface area contributed by atoms with E-state index in [-0.39, 0.29) is 12.0 Å². The van der Waals surface area contributed by atoms with Crippen molar-refractivity contribution < 1.29 is 9.53 Å². The molecule has 0 atom stereocenters. The number of amides is 1. The number of ether oxygens (including phenoxy) is 1. The van der Waals surface area contributed by atoms with Crippen molar-refractivity contribution in [2.75, 3.05) is 13.1 Å². The minimum atomic E-state index is -0.525. The molecule has 0 unspecified atom stereocenters. The molecule has 0 aliphatic carbocycles. The molecule has 0 radical (unpaired) electrons. The van der Waals surface area contributed by atoms with Gasteiger partial charge in [0.15, 0.2) is 11.5 Å². The molecule has 1 aliphatic rings. The molecule has 4 rings (SSSR count). The van der Waals surface area contributed by atoms with Crippen LogP contribution in [0, 0.1) is 0 Å². The van der Waals surface area contributed by atoms with E-state index in [4.69, 9.17) is 27.9 Å². The maximum absolute atomic E-state index is 12.6. The Morgan fingerprint density at radius 2 is 1.90 bits per heavy atom. The van der Waals surface area contributed by atoms with Gasteiger partial charge < -0.3 is 14.6 Å². The minimum Gasteiger partial charge on any atom is -0.444 e. The lowest BCUT2D eigenvalue weighted by atomic mass is 9.96. The number of nitrogens with zero attached hydrogens (tertiary/aromatic N) is 4. The number of hydrogen-bond donors (Lipinski definition) is 1. The van der Waals surface area contributed by atoms with Gasteiger partial charge in [0.25, 0.3) is 0 Å². The summed E-state index contributed by atoms with van der Waals surface area (Å²) in [5, 5.41) is 5.36. The van der Waals surface area contributed by atoms with Gasteiger partial charge in [-0.15, -0.1) is 5.10 Å². The molecule has 1 aromatic carbocycles. The van der Waals surface area contributed by atoms with Crippen LogP contribution in [0.4, 0.5) is 4.79 Å². The molecule has 1 aliphatic heterocycles. The average Bonchev–Trinajstić information content (AvgIpc) is 3.11. The van der Waals surface area contributed by atoms with Crippen molar-refractivity contribution in [3.8, 4) is 11.3 Å². The summed E-state index contributed by atoms with van der Waals surface area (Å²) in [6, 6.07) is 6.81. The van der Waals surface area contributed by atoms with E-state index >= 15 is 0 Å². The number of halogens is 2. The molecule has 0 spiro atoms. The van der Waals surface area contributed by atoms with E-state index in [1.54, 1.807) is 29.2 Å². The van der Waals surface area contributed by atoms with Crippen molar-refractivity contribution in [2.24, 2.45) is 0 Å². The van der Waals surface area contributed by atoms with E-state index in [9.17, 15) is 9.59 Å². The topological polar surface area (TPSA) is 92.6 Å². The van der Waals surface area contributed by atoms with Crippen molar-refractivity contribution in [2.45, 2.75) is 45.1 Å². The SMILES string of the molecule is CC(C)(C)OC(=O)N1CCC(c2nc3cc(-c4ccc(Cl)cc4Cl)[nH]c(=O)n3n2)CC1. The first-order valence-electron chi connectivity index (χ1n) is 10.0. The van der Waals surface area contributed by atoms with Gasteiger partial charge in [0, 0.05) is 35.7 Å². The predicted molar refractivity (Wildman–Crippen MR) is 119 cm³/mol. The lowest BCUT2D eigenvalue weighted by Gasteiger charge is -2.32. The molecule has 164 valence electrons. The van der Waals surface area contributed by atoms with Crippen molar-refractivity contribution in [1.82, 2.24) is 24.5 Å². The van der Waals surface area contributed by atoms with Crippen molar-refractivity contribution >= 4 is 34.9 Å². The van der Waals surface area contributed by atoms with Crippen molar-refractivity contribution in [1.29, 1.82) is 0 Å². The van der Waals surface area contributed by atoms with Gasteiger partial charge in [-0.2, -0.15) is 4.52 Å². The molecule has 0 saturated carbocycles. The Morgan fingerprint density at radius 1 is 1.19 bits per heavy atom. The molecule has 1 fully saturated rings. The molecule has 31 heavy (non-hydrogen) atoms. The van der Waals surface area contributed by atoms with E-state index in [0.29, 0.717) is 58.7 Å². The Kier molecular flexibility index (Phi) is 5.70. The third kappa shape index (κ3) is 4.70. The molecule has 8 nitrogen and oxygen atoms in total. The van der Waals surface area contributed by atoms with Crippen molar-refractivity contribution in [3.63, 3.8) is 0 Å². The van der Waals surface area contributed by atoms with Crippen LogP contribution in [0.3, 0.4) is 0 Å². The fourth-order valence-corrected chi connectivity index (χ4v) is 4.10. The summed E-state index contributed by atoms with van der Waals surface area (Å²) in [6.07, 6.45) is 1.09. The summed E-state index contributed by atoms with van der Waals surface area (Å²) in [6.45, 7) is 6.65. The fraction of sp³-hybridized carbons (Fsp3) is 0.429. The predicted octanol–water partition coefficient (Wildman–Crippen LogP) is 4.51. The number of carbonyl (C=O) groups is 1. The standard InChI is InChI=1S/C21H23Cl2N5O3/c1-21(2,3)31-20(30)27-8-6-12(7-9-27)18-25-17-11-16(24-19(29)28(17)26-18)14-5-4-13(22)10-15(14)23/h4-5,10-12H,6-9H2,1-3H3,(H,24,29). The van der Waals surface area contributed by atoms with Crippen LogP contribution in [0.15, 0.2) is 29.1 Å². The summed E-state index contributed by atoms with van der Waals surface area (Å²) in [7, 11) is 0. The first-order valence-corrected chi connectivity index (χ1v) is 10.8. The summed E-state index contributed by atoms with van der Waals surface area (Å²) >= 11 is 12.2. The number of hydrogen-bond acceptors (Lipinski definition) is 5. The van der Waals surface area contributed by atoms with Gasteiger partial charge in [0.1, 0.15) is 5.60 Å². The first-order chi connectivity index (χ1) is 14.6. The van der Waals surface area contributed by atoms with E-state index in [0.717, 1.165) is 0 Å². The molecule has 10 heteroatoms. The monoisotopic (exact) mass is 463 g/mol. The maximum atomic E-state index is 12.6. The molecular weight excluding hydrogens is 441 g/mol. The van der Waals surface area contributed by atoms with Gasteiger partial charge in [-0.1, -0.05) is 23.2 Å². The van der Waals surface area contributed by atoms with Crippen LogP contribution < -0.4 is 5.69 Å². The van der Waals surface area contributed by atoms with Crippen LogP contribution in [-0.4, -0.2) is 49.3 Å². The second-order valence-electron chi connectivity index (χ2n) is 8.59. The summed E-state index contributed by atoms with van der Waals surface area (Å²) in [4.78, 5) is 33.9. The third-order valence-corrected chi connectivity index (χ3v) is 5.64. The van der Waals surface area contributed by atoms with Gasteiger partial charge in [0.2, 0.25) is 0 Å². The van der Waals surface area contributed by atoms with Gasteiger partial charge in [-0.3, -0.25) is 0 Å². The van der Waals surface area contributed by atoms with Crippen LogP contribution >= 0.6 is 23.2 Å². The number of carbonyl (C=O) groups excluding carboxylic acids is 1. The van der Waals surface area contributed by atoms with Crippen LogP contribution in [0.2, 0.25) is 10.0 Å². The molecule has 1 saturated heterocycles. The van der Waals surface area contributed by atoms with E-state index in [1.165, 1.54) is 4.52 Å². The minimum absolute atomic E-state index is 0.0561. The molecule has 3 aromatic rings. The highest BCUT2D eigenvalue weighted by Gasteiger charge is 2.29. The zero-order valence-corrected chi connectivity index (χ0v) is 19.0. The van der Waals surface area contributed by atoms with Crippen molar-refractivity contribution in [3.05, 3.63) is 50.6 Å². The number of piperidine rings is 1. The van der Waals surface area contributed by atoms with E-state index in [1.807, 2.05) is 20.8 Å². The number of likely N-dealkylation sites (tertiary alicyclic amines) is 1. The lowest BCUT2D eigenvalue weighted by molar-refractivity contribution is 0.0203. The number of rotatable bonds is 2. The Labute approximate surface area is 189 Å². The molecular formula is C21H23Cl2N5O3. The summed E-state index contributed by atoms with van der Waals surface area (Å²) < 4.78 is 6.69. The quantitative estimate of drug-likeness (QED) is 0.603. The molecule has 0 bridgehead atoms. The van der Waals surface area contributed by atoms with Gasteiger partial charge in [-0.25, -0.2) is 14.6 Å². The Hall–Kier alpha value is -2.58. The smallest absolute Gasteiger partial charge is 0.410 e. The van der Waals surface area contributed by atoms with Crippen LogP contribution in [0.1, 0.15) is 45.4 Å². The molecule has 1 N–H and O–H groups in total. The third-order valence-electron chi connectivity index (χ3n) is 5.09. The summed E-state index contributed by atoms with van der Waals surface area (Å²) in [5.41, 5.74) is 0.708. The number of nitrogens with one attached hydrogen (secondary N) is 1. The zero-order valence-electron chi connectivity index (χ0n) is 17.5. The first kappa shape index (κ1) is 21.6. The Morgan fingerprint density at radius 3 is 2.55 bits per heavy atom. The molecule has 1 amide bonds. The number of benzene rings is 1. The number of aromatic nitrogens is 4. The molecule has 3 heterocycles. The molecule has 2 aromatic heterocycles. The number of aromatic amines is 1. The van der Waals surface area contributed by atoms with Gasteiger partial charge in [-0.05, 0) is 51.8 Å². The van der Waals surface area contributed by atoms with Crippen LogP contribution in [-0.2, 0) is 4.74 Å². The summed E-state index contributed by atoms with van der Waals surface area (Å²) in [5.74, 6) is 0.647. The highest BCUT2D eigenvalue weighted by molar-refractivity contribution is 6.36. The second-order valence-corrected chi connectivity index (χ2v) is 9.44. The average molecular weight is 464 g/mol. The number of H-pyrrole nitrogens is 1. The second kappa shape index (κ2) is 8.16. The Balaban J connectivity index is 1.54. The van der Waals surface area contributed by atoms with Crippen LogP contribution in [0.5, 0.6) is 0 Å². The van der Waals surface area contributed by atoms with Crippen LogP contribution in [0.25, 0.3) is 16.9 Å². The lowest BCUT2D eigenvalue weighted by Crippen LogP contribution is -2.41. The van der Waals surface area contributed by atoms with E-state index < -0.39 is 11.3 Å². The highest BCUT2D eigenvalue weighted by atomic mass is 35.5. The largest absolute Gasteiger partial charge is 0.444 e. The zero-order chi connectivity index (χ0) is 22.3. The highest BCUT2D eigenvalue weighted by Crippen LogP contribution is 2.30. The van der Waals surface area contributed by atoms with Gasteiger partial charge >= 0.3 is 11.8 Å². The number of fused-ring (bicyclic) bond motifs is 1. The Bertz CT molecular complexity index is 1190. The van der Waals surface area contributed by atoms with Gasteiger partial charge in [0.05, 0.1) is 10.7 Å². The normalized spacial score (nSPS) is 15.5.